The molecule has 128 valence electrons. The van der Waals surface area contributed by atoms with E-state index in [1.807, 2.05) is 0 Å². The molecule has 0 saturated heterocycles. The molecule has 4 nitrogen and oxygen atoms in total. The summed E-state index contributed by atoms with van der Waals surface area (Å²) >= 11 is 0. The fourth-order valence-electron chi connectivity index (χ4n) is 2.77. The fourth-order valence-corrected chi connectivity index (χ4v) is 2.77. The van der Waals surface area contributed by atoms with E-state index in [0.29, 0.717) is 18.4 Å². The molecule has 1 aromatic rings. The Morgan fingerprint density at radius 3 is 2.61 bits per heavy atom. The van der Waals surface area contributed by atoms with Gasteiger partial charge in [-0.05, 0) is 37.5 Å². The van der Waals surface area contributed by atoms with E-state index in [0.717, 1.165) is 25.0 Å². The van der Waals surface area contributed by atoms with E-state index in [-0.39, 0.29) is 6.54 Å². The van der Waals surface area contributed by atoms with Gasteiger partial charge >= 0.3 is 12.2 Å². The van der Waals surface area contributed by atoms with Crippen LogP contribution in [0.25, 0.3) is 0 Å². The monoisotopic (exact) mass is 330 g/mol. The highest BCUT2D eigenvalue weighted by atomic mass is 19.4. The molecule has 1 atom stereocenters. The number of hydrogen-bond donors (Lipinski definition) is 3. The molecule has 2 amide bonds. The Hall–Kier alpha value is -1.76. The van der Waals surface area contributed by atoms with Crippen molar-refractivity contribution in [2.24, 2.45) is 0 Å². The highest BCUT2D eigenvalue weighted by Crippen LogP contribution is 2.31. The van der Waals surface area contributed by atoms with Gasteiger partial charge in [-0.25, -0.2) is 4.79 Å². The number of halogens is 3. The Morgan fingerprint density at radius 2 is 2.00 bits per heavy atom. The van der Waals surface area contributed by atoms with Crippen molar-refractivity contribution in [2.75, 3.05) is 6.54 Å². The minimum atomic E-state index is -4.41. The first-order chi connectivity index (χ1) is 10.7. The van der Waals surface area contributed by atoms with Crippen molar-refractivity contribution >= 4 is 6.03 Å². The smallest absolute Gasteiger partial charge is 0.388 e. The Balaban J connectivity index is 1.91. The molecule has 1 aromatic carbocycles. The van der Waals surface area contributed by atoms with E-state index in [2.05, 4.69) is 10.6 Å². The molecule has 1 aliphatic carbocycles. The van der Waals surface area contributed by atoms with E-state index in [4.69, 9.17) is 0 Å². The average Bonchev–Trinajstić information content (AvgIpc) is 2.92. The molecule has 0 aliphatic heterocycles. The van der Waals surface area contributed by atoms with Crippen molar-refractivity contribution in [3.05, 3.63) is 35.4 Å². The summed E-state index contributed by atoms with van der Waals surface area (Å²) in [4.78, 5) is 11.9. The van der Waals surface area contributed by atoms with Crippen LogP contribution in [-0.2, 0) is 6.18 Å². The summed E-state index contributed by atoms with van der Waals surface area (Å²) in [6, 6.07) is 3.78. The molecular weight excluding hydrogens is 309 g/mol. The molecule has 0 spiro atoms. The molecule has 1 fully saturated rings. The molecule has 2 rings (SSSR count). The van der Waals surface area contributed by atoms with Crippen LogP contribution in [0.5, 0.6) is 0 Å². The van der Waals surface area contributed by atoms with E-state index in [9.17, 15) is 23.1 Å². The molecule has 1 aliphatic rings. The maximum Gasteiger partial charge on any atom is 0.416 e. The maximum absolute atomic E-state index is 12.7. The summed E-state index contributed by atoms with van der Waals surface area (Å²) in [7, 11) is 0. The number of carbonyl (C=O) groups is 1. The van der Waals surface area contributed by atoms with Crippen LogP contribution < -0.4 is 10.6 Å². The Kier molecular flexibility index (Phi) is 5.19. The molecule has 3 N–H and O–H groups in total. The number of rotatable bonds is 4. The second-order valence-electron chi connectivity index (χ2n) is 6.10. The predicted octanol–water partition coefficient (Wildman–Crippen LogP) is 3.37. The number of urea groups is 1. The van der Waals surface area contributed by atoms with Crippen LogP contribution in [0.3, 0.4) is 0 Å². The van der Waals surface area contributed by atoms with Crippen molar-refractivity contribution in [2.45, 2.75) is 50.4 Å². The molecule has 0 aromatic heterocycles. The summed E-state index contributed by atoms with van der Waals surface area (Å²) in [5, 5.41) is 15.3. The van der Waals surface area contributed by atoms with Gasteiger partial charge in [0, 0.05) is 6.54 Å². The Labute approximate surface area is 133 Å². The van der Waals surface area contributed by atoms with Crippen LogP contribution in [0.15, 0.2) is 24.3 Å². The van der Waals surface area contributed by atoms with E-state index >= 15 is 0 Å². The zero-order valence-corrected chi connectivity index (χ0v) is 12.9. The third-order valence-corrected chi connectivity index (χ3v) is 4.17. The van der Waals surface area contributed by atoms with Crippen molar-refractivity contribution < 1.29 is 23.1 Å². The summed E-state index contributed by atoms with van der Waals surface area (Å²) in [6.07, 6.45) is -1.25. The maximum atomic E-state index is 12.7. The first-order valence-electron chi connectivity index (χ1n) is 7.63. The highest BCUT2D eigenvalue weighted by molar-refractivity contribution is 5.74. The normalized spacial score (nSPS) is 18.5. The Bertz CT molecular complexity index is 555. The van der Waals surface area contributed by atoms with Gasteiger partial charge in [-0.3, -0.25) is 0 Å². The first-order valence-corrected chi connectivity index (χ1v) is 7.63. The number of nitrogens with one attached hydrogen (secondary N) is 2. The summed E-state index contributed by atoms with van der Waals surface area (Å²) in [6.45, 7) is 1.76. The second kappa shape index (κ2) is 6.78. The fraction of sp³-hybridized carbons (Fsp3) is 0.562. The lowest BCUT2D eigenvalue weighted by Crippen LogP contribution is -2.45. The van der Waals surface area contributed by atoms with Crippen molar-refractivity contribution in [3.63, 3.8) is 0 Å². The van der Waals surface area contributed by atoms with Crippen LogP contribution in [-0.4, -0.2) is 23.3 Å². The molecule has 0 bridgehead atoms. The molecule has 7 heteroatoms. The Morgan fingerprint density at radius 1 is 1.35 bits per heavy atom. The summed E-state index contributed by atoms with van der Waals surface area (Å²) in [5.74, 6) is 0. The topological polar surface area (TPSA) is 61.4 Å². The minimum Gasteiger partial charge on any atom is -0.388 e. The van der Waals surface area contributed by atoms with Crippen LogP contribution >= 0.6 is 0 Å². The molecule has 1 unspecified atom stereocenters. The lowest BCUT2D eigenvalue weighted by molar-refractivity contribution is -0.137. The van der Waals surface area contributed by atoms with Crippen molar-refractivity contribution in [3.8, 4) is 0 Å². The van der Waals surface area contributed by atoms with E-state index < -0.39 is 29.4 Å². The van der Waals surface area contributed by atoms with Crippen LogP contribution in [0.2, 0.25) is 0 Å². The van der Waals surface area contributed by atoms with Gasteiger partial charge in [0.2, 0.25) is 0 Å². The lowest BCUT2D eigenvalue weighted by atomic mass is 10.0. The van der Waals surface area contributed by atoms with Gasteiger partial charge in [0.05, 0.1) is 17.2 Å². The zero-order chi connectivity index (χ0) is 17.1. The first kappa shape index (κ1) is 17.6. The molecule has 0 heterocycles. The van der Waals surface area contributed by atoms with Crippen LogP contribution in [0.4, 0.5) is 18.0 Å². The van der Waals surface area contributed by atoms with Gasteiger partial charge in [-0.15, -0.1) is 0 Å². The standard InChI is InChI=1S/C16H21F3N2O2/c1-11(12-5-4-6-13(9-12)16(17,18)19)21-14(22)20-10-15(23)7-2-3-8-15/h4-6,9,11,23H,2-3,7-8,10H2,1H3,(H2,20,21,22). The van der Waals surface area contributed by atoms with Crippen LogP contribution in [0, 0.1) is 0 Å². The number of alkyl halides is 3. The number of hydrogen-bond acceptors (Lipinski definition) is 2. The predicted molar refractivity (Wildman–Crippen MR) is 79.8 cm³/mol. The van der Waals surface area contributed by atoms with Crippen molar-refractivity contribution in [1.29, 1.82) is 0 Å². The molecule has 0 radical (unpaired) electrons. The van der Waals surface area contributed by atoms with Gasteiger partial charge in [0.15, 0.2) is 0 Å². The van der Waals surface area contributed by atoms with Gasteiger partial charge < -0.3 is 15.7 Å². The average molecular weight is 330 g/mol. The molecular formula is C16H21F3N2O2. The van der Waals surface area contributed by atoms with E-state index in [1.165, 1.54) is 12.1 Å². The van der Waals surface area contributed by atoms with Gasteiger partial charge in [-0.1, -0.05) is 25.0 Å². The number of amides is 2. The lowest BCUT2D eigenvalue weighted by Gasteiger charge is -2.23. The summed E-state index contributed by atoms with van der Waals surface area (Å²) < 4.78 is 38.1. The second-order valence-corrected chi connectivity index (χ2v) is 6.10. The number of carbonyl (C=O) groups excluding carboxylic acids is 1. The minimum absolute atomic E-state index is 0.147. The quantitative estimate of drug-likeness (QED) is 0.793. The number of benzene rings is 1. The zero-order valence-electron chi connectivity index (χ0n) is 12.9. The highest BCUT2D eigenvalue weighted by Gasteiger charge is 2.32. The van der Waals surface area contributed by atoms with Gasteiger partial charge in [0.1, 0.15) is 0 Å². The SMILES string of the molecule is CC(NC(=O)NCC1(O)CCCC1)c1cccc(C(F)(F)F)c1. The third kappa shape index (κ3) is 4.86. The summed E-state index contributed by atoms with van der Waals surface area (Å²) in [5.41, 5.74) is -1.24. The molecule has 23 heavy (non-hydrogen) atoms. The third-order valence-electron chi connectivity index (χ3n) is 4.17. The molecule has 1 saturated carbocycles. The van der Waals surface area contributed by atoms with Crippen molar-refractivity contribution in [1.82, 2.24) is 10.6 Å². The number of aliphatic hydroxyl groups is 1. The van der Waals surface area contributed by atoms with E-state index in [1.54, 1.807) is 6.92 Å². The largest absolute Gasteiger partial charge is 0.416 e. The van der Waals surface area contributed by atoms with Crippen LogP contribution in [0.1, 0.15) is 49.8 Å². The van der Waals surface area contributed by atoms with Gasteiger partial charge in [0.25, 0.3) is 0 Å². The van der Waals surface area contributed by atoms with Gasteiger partial charge in [-0.2, -0.15) is 13.2 Å².